The molecule has 2 aromatic heterocycles. The van der Waals surface area contributed by atoms with Crippen molar-refractivity contribution in [1.29, 1.82) is 0 Å². The molecular formula is C18H24N4O3. The Hall–Kier alpha value is -1.99. The van der Waals surface area contributed by atoms with E-state index in [4.69, 9.17) is 9.47 Å². The number of imidazole rings is 1. The molecule has 2 aliphatic rings. The summed E-state index contributed by atoms with van der Waals surface area (Å²) in [6.45, 7) is 0.985. The lowest BCUT2D eigenvalue weighted by Gasteiger charge is -2.26. The number of nitrogens with zero attached hydrogens (tertiary/aromatic N) is 3. The maximum Gasteiger partial charge on any atom is 0.253 e. The molecule has 25 heavy (non-hydrogen) atoms. The Morgan fingerprint density at radius 3 is 2.92 bits per heavy atom. The molecule has 1 amide bonds. The second-order valence-corrected chi connectivity index (χ2v) is 7.01. The SMILES string of the molecule is Cn1cnc2cc(C(=O)NCC3COC4(CCCCCC4)O3)cnc21. The number of rotatable bonds is 3. The molecule has 1 unspecified atom stereocenters. The van der Waals surface area contributed by atoms with Crippen molar-refractivity contribution in [3.63, 3.8) is 0 Å². The topological polar surface area (TPSA) is 78.3 Å². The fourth-order valence-corrected chi connectivity index (χ4v) is 3.70. The molecule has 2 aromatic rings. The Morgan fingerprint density at radius 2 is 2.12 bits per heavy atom. The van der Waals surface area contributed by atoms with Crippen LogP contribution in [0.2, 0.25) is 0 Å². The number of fused-ring (bicyclic) bond motifs is 1. The first-order valence-electron chi connectivity index (χ1n) is 9.02. The first kappa shape index (κ1) is 16.5. The number of hydrogen-bond acceptors (Lipinski definition) is 5. The number of aromatic nitrogens is 3. The quantitative estimate of drug-likeness (QED) is 0.923. The standard InChI is InChI=1S/C18H24N4O3/c1-22-12-21-15-8-13(9-19-16(15)22)17(23)20-10-14-11-24-18(25-14)6-4-2-3-5-7-18/h8-9,12,14H,2-7,10-11H2,1H3,(H,20,23). The van der Waals surface area contributed by atoms with Crippen molar-refractivity contribution in [1.82, 2.24) is 19.9 Å². The van der Waals surface area contributed by atoms with E-state index in [1.54, 1.807) is 18.6 Å². The molecule has 134 valence electrons. The van der Waals surface area contributed by atoms with Gasteiger partial charge in [0, 0.05) is 32.6 Å². The molecule has 0 bridgehead atoms. The predicted molar refractivity (Wildman–Crippen MR) is 92.1 cm³/mol. The smallest absolute Gasteiger partial charge is 0.253 e. The van der Waals surface area contributed by atoms with Gasteiger partial charge in [0.25, 0.3) is 5.91 Å². The summed E-state index contributed by atoms with van der Waals surface area (Å²) in [7, 11) is 1.88. The third-order valence-electron chi connectivity index (χ3n) is 5.08. The van der Waals surface area contributed by atoms with Crippen molar-refractivity contribution < 1.29 is 14.3 Å². The van der Waals surface area contributed by atoms with Gasteiger partial charge in [-0.1, -0.05) is 12.8 Å². The normalized spacial score (nSPS) is 23.0. The van der Waals surface area contributed by atoms with Crippen molar-refractivity contribution >= 4 is 17.1 Å². The van der Waals surface area contributed by atoms with E-state index in [0.29, 0.717) is 24.2 Å². The van der Waals surface area contributed by atoms with Crippen LogP contribution in [0.4, 0.5) is 0 Å². The number of ether oxygens (including phenoxy) is 2. The number of pyridine rings is 1. The molecule has 1 saturated carbocycles. The highest BCUT2D eigenvalue weighted by Crippen LogP contribution is 2.36. The van der Waals surface area contributed by atoms with Gasteiger partial charge in [-0.15, -0.1) is 0 Å². The van der Waals surface area contributed by atoms with E-state index in [0.717, 1.165) is 31.3 Å². The van der Waals surface area contributed by atoms with Gasteiger partial charge in [0.05, 0.1) is 18.5 Å². The molecule has 1 N–H and O–H groups in total. The van der Waals surface area contributed by atoms with Crippen molar-refractivity contribution in [2.45, 2.75) is 50.4 Å². The van der Waals surface area contributed by atoms with Gasteiger partial charge in [0.15, 0.2) is 11.4 Å². The van der Waals surface area contributed by atoms with Gasteiger partial charge in [-0.05, 0) is 18.9 Å². The van der Waals surface area contributed by atoms with Crippen LogP contribution in [0.15, 0.2) is 18.6 Å². The molecule has 1 spiro atoms. The van der Waals surface area contributed by atoms with Crippen LogP contribution in [0.25, 0.3) is 11.2 Å². The fourth-order valence-electron chi connectivity index (χ4n) is 3.70. The first-order valence-corrected chi connectivity index (χ1v) is 9.02. The Bertz CT molecular complexity index is 765. The lowest BCUT2D eigenvalue weighted by Crippen LogP contribution is -2.36. The number of amides is 1. The Kier molecular flexibility index (Phi) is 4.43. The van der Waals surface area contributed by atoms with Crippen LogP contribution in [0.5, 0.6) is 0 Å². The predicted octanol–water partition coefficient (Wildman–Crippen LogP) is 2.16. The summed E-state index contributed by atoms with van der Waals surface area (Å²) in [5.41, 5.74) is 1.99. The largest absolute Gasteiger partial charge is 0.349 e. The van der Waals surface area contributed by atoms with Crippen LogP contribution in [0.3, 0.4) is 0 Å². The summed E-state index contributed by atoms with van der Waals surface area (Å²) in [4.78, 5) is 20.9. The van der Waals surface area contributed by atoms with Gasteiger partial charge < -0.3 is 19.4 Å². The van der Waals surface area contributed by atoms with Crippen molar-refractivity contribution in [2.24, 2.45) is 7.05 Å². The first-order chi connectivity index (χ1) is 12.2. The lowest BCUT2D eigenvalue weighted by atomic mass is 10.1. The van der Waals surface area contributed by atoms with E-state index in [-0.39, 0.29) is 12.0 Å². The molecular weight excluding hydrogens is 320 g/mol. The summed E-state index contributed by atoms with van der Waals surface area (Å²) in [5, 5.41) is 2.93. The molecule has 3 heterocycles. The number of nitrogens with one attached hydrogen (secondary N) is 1. The van der Waals surface area contributed by atoms with Gasteiger partial charge in [0.1, 0.15) is 11.6 Å². The van der Waals surface area contributed by atoms with Crippen LogP contribution in [0.1, 0.15) is 48.9 Å². The van der Waals surface area contributed by atoms with E-state index in [1.165, 1.54) is 12.8 Å². The molecule has 1 saturated heterocycles. The second-order valence-electron chi connectivity index (χ2n) is 7.01. The van der Waals surface area contributed by atoms with Crippen LogP contribution >= 0.6 is 0 Å². The molecule has 0 aromatic carbocycles. The zero-order chi connectivity index (χ0) is 17.3. The molecule has 0 radical (unpaired) electrons. The monoisotopic (exact) mass is 344 g/mol. The molecule has 1 aliphatic heterocycles. The van der Waals surface area contributed by atoms with Gasteiger partial charge >= 0.3 is 0 Å². The minimum absolute atomic E-state index is 0.0893. The minimum atomic E-state index is -0.416. The highest BCUT2D eigenvalue weighted by atomic mass is 16.7. The van der Waals surface area contributed by atoms with Crippen LogP contribution < -0.4 is 5.32 Å². The maximum absolute atomic E-state index is 12.4. The number of hydrogen-bond donors (Lipinski definition) is 1. The maximum atomic E-state index is 12.4. The van der Waals surface area contributed by atoms with Crippen molar-refractivity contribution in [3.05, 3.63) is 24.2 Å². The second kappa shape index (κ2) is 6.72. The van der Waals surface area contributed by atoms with Gasteiger partial charge in [-0.3, -0.25) is 4.79 Å². The molecule has 1 aliphatic carbocycles. The highest BCUT2D eigenvalue weighted by Gasteiger charge is 2.41. The Morgan fingerprint density at radius 1 is 1.32 bits per heavy atom. The van der Waals surface area contributed by atoms with E-state index in [2.05, 4.69) is 15.3 Å². The van der Waals surface area contributed by atoms with Crippen LogP contribution in [0, 0.1) is 0 Å². The molecule has 1 atom stereocenters. The molecule has 7 nitrogen and oxygen atoms in total. The summed E-state index contributed by atoms with van der Waals surface area (Å²) >= 11 is 0. The highest BCUT2D eigenvalue weighted by molar-refractivity contribution is 5.96. The minimum Gasteiger partial charge on any atom is -0.349 e. The average molecular weight is 344 g/mol. The zero-order valence-electron chi connectivity index (χ0n) is 14.5. The van der Waals surface area contributed by atoms with Crippen molar-refractivity contribution in [2.75, 3.05) is 13.2 Å². The van der Waals surface area contributed by atoms with Gasteiger partial charge in [-0.25, -0.2) is 9.97 Å². The van der Waals surface area contributed by atoms with Crippen LogP contribution in [-0.4, -0.2) is 45.5 Å². The number of carbonyl (C=O) groups excluding carboxylic acids is 1. The van der Waals surface area contributed by atoms with E-state index >= 15 is 0 Å². The summed E-state index contributed by atoms with van der Waals surface area (Å²) in [6.07, 6.45) is 9.89. The van der Waals surface area contributed by atoms with E-state index < -0.39 is 5.79 Å². The molecule has 7 heteroatoms. The third kappa shape index (κ3) is 3.39. The van der Waals surface area contributed by atoms with Crippen molar-refractivity contribution in [3.8, 4) is 0 Å². The van der Waals surface area contributed by atoms with E-state index in [1.807, 2.05) is 11.6 Å². The van der Waals surface area contributed by atoms with Crippen LogP contribution in [-0.2, 0) is 16.5 Å². The summed E-state index contributed by atoms with van der Waals surface area (Å²) in [5.74, 6) is -0.578. The molecule has 4 rings (SSSR count). The third-order valence-corrected chi connectivity index (χ3v) is 5.08. The Balaban J connectivity index is 1.35. The summed E-state index contributed by atoms with van der Waals surface area (Å²) < 4.78 is 14.0. The Labute approximate surface area is 146 Å². The van der Waals surface area contributed by atoms with Gasteiger partial charge in [-0.2, -0.15) is 0 Å². The van der Waals surface area contributed by atoms with E-state index in [9.17, 15) is 4.79 Å². The number of carbonyl (C=O) groups is 1. The number of aryl methyl sites for hydroxylation is 1. The molecule has 2 fully saturated rings. The fraction of sp³-hybridized carbons (Fsp3) is 0.611. The average Bonchev–Trinajstić information content (AvgIpc) is 3.11. The summed E-state index contributed by atoms with van der Waals surface area (Å²) in [6, 6.07) is 1.76. The lowest BCUT2D eigenvalue weighted by molar-refractivity contribution is -0.175. The zero-order valence-corrected chi connectivity index (χ0v) is 14.5. The van der Waals surface area contributed by atoms with Gasteiger partial charge in [0.2, 0.25) is 0 Å².